The first-order valence-corrected chi connectivity index (χ1v) is 7.76. The van der Waals surface area contributed by atoms with Gasteiger partial charge in [-0.05, 0) is 27.2 Å². The summed E-state index contributed by atoms with van der Waals surface area (Å²) in [6.07, 6.45) is 1.75. The van der Waals surface area contributed by atoms with Gasteiger partial charge in [-0.3, -0.25) is 4.79 Å². The molecule has 4 nitrogen and oxygen atoms in total. The van der Waals surface area contributed by atoms with Gasteiger partial charge in [-0.1, -0.05) is 0 Å². The number of hydrogen-bond acceptors (Lipinski definition) is 3. The zero-order valence-corrected chi connectivity index (χ0v) is 11.8. The van der Waals surface area contributed by atoms with Crippen molar-refractivity contribution >= 4 is 27.3 Å². The van der Waals surface area contributed by atoms with Crippen LogP contribution in [0.15, 0.2) is 0 Å². The quantitative estimate of drug-likeness (QED) is 0.683. The lowest BCUT2D eigenvalue weighted by molar-refractivity contribution is -0.132. The molecule has 1 unspecified atom stereocenters. The lowest BCUT2D eigenvalue weighted by Gasteiger charge is -2.28. The molecule has 96 valence electrons. The van der Waals surface area contributed by atoms with E-state index < -0.39 is 15.1 Å². The Morgan fingerprint density at radius 1 is 1.31 bits per heavy atom. The van der Waals surface area contributed by atoms with Gasteiger partial charge in [-0.2, -0.15) is 0 Å². The van der Waals surface area contributed by atoms with Crippen molar-refractivity contribution in [3.8, 4) is 0 Å². The molecular weight excluding hydrogens is 250 g/mol. The molecule has 0 aromatic carbocycles. The van der Waals surface area contributed by atoms with Crippen molar-refractivity contribution in [3.05, 3.63) is 0 Å². The Labute approximate surface area is 103 Å². The van der Waals surface area contributed by atoms with Crippen molar-refractivity contribution in [1.82, 2.24) is 4.90 Å². The average Bonchev–Trinajstić information content (AvgIpc) is 2.15. The van der Waals surface area contributed by atoms with Gasteiger partial charge in [0.15, 0.2) is 9.84 Å². The monoisotopic (exact) mass is 269 g/mol. The van der Waals surface area contributed by atoms with E-state index in [1.807, 2.05) is 13.8 Å². The third-order valence-electron chi connectivity index (χ3n) is 2.43. The number of sulfone groups is 1. The minimum absolute atomic E-state index is 0.0140. The van der Waals surface area contributed by atoms with Gasteiger partial charge < -0.3 is 4.90 Å². The number of hydrogen-bond donors (Lipinski definition) is 0. The zero-order valence-electron chi connectivity index (χ0n) is 10.2. The maximum absolute atomic E-state index is 11.9. The van der Waals surface area contributed by atoms with Gasteiger partial charge in [0.05, 0.1) is 0 Å². The number of halogens is 1. The van der Waals surface area contributed by atoms with Crippen molar-refractivity contribution in [2.75, 3.05) is 18.7 Å². The van der Waals surface area contributed by atoms with E-state index in [1.165, 1.54) is 6.92 Å². The van der Waals surface area contributed by atoms with Crippen LogP contribution in [0.1, 0.15) is 27.2 Å². The standard InChI is InChI=1S/C10H20ClNO3S/c1-8(2)12(7-5-6-11)10(13)9(3)16(4,14)15/h8-9H,5-7H2,1-4H3. The van der Waals surface area contributed by atoms with Crippen LogP contribution in [-0.4, -0.2) is 49.2 Å². The van der Waals surface area contributed by atoms with Crippen LogP contribution in [0.5, 0.6) is 0 Å². The van der Waals surface area contributed by atoms with Gasteiger partial charge in [0, 0.05) is 24.7 Å². The van der Waals surface area contributed by atoms with Gasteiger partial charge in [0.2, 0.25) is 5.91 Å². The third kappa shape index (κ3) is 4.70. The smallest absolute Gasteiger partial charge is 0.240 e. The lowest BCUT2D eigenvalue weighted by Crippen LogP contribution is -2.45. The van der Waals surface area contributed by atoms with E-state index in [1.54, 1.807) is 4.90 Å². The Balaban J connectivity index is 4.75. The number of amides is 1. The highest BCUT2D eigenvalue weighted by Crippen LogP contribution is 2.09. The molecule has 0 spiro atoms. The predicted molar refractivity (Wildman–Crippen MR) is 66.5 cm³/mol. The van der Waals surface area contributed by atoms with Crippen molar-refractivity contribution in [1.29, 1.82) is 0 Å². The summed E-state index contributed by atoms with van der Waals surface area (Å²) in [6, 6.07) is -0.0140. The summed E-state index contributed by atoms with van der Waals surface area (Å²) in [5.41, 5.74) is 0. The zero-order chi connectivity index (χ0) is 12.9. The van der Waals surface area contributed by atoms with Crippen LogP contribution in [0, 0.1) is 0 Å². The van der Waals surface area contributed by atoms with Crippen LogP contribution >= 0.6 is 11.6 Å². The molecule has 0 radical (unpaired) electrons. The van der Waals surface area contributed by atoms with E-state index in [0.717, 1.165) is 6.26 Å². The number of nitrogens with zero attached hydrogens (tertiary/aromatic N) is 1. The molecule has 0 bridgehead atoms. The minimum atomic E-state index is -3.33. The molecule has 0 N–H and O–H groups in total. The second kappa shape index (κ2) is 6.45. The first-order chi connectivity index (χ1) is 7.21. The highest BCUT2D eigenvalue weighted by molar-refractivity contribution is 7.92. The largest absolute Gasteiger partial charge is 0.339 e. The van der Waals surface area contributed by atoms with Crippen molar-refractivity contribution in [2.45, 2.75) is 38.5 Å². The molecule has 0 fully saturated rings. The molecule has 1 amide bonds. The van der Waals surface area contributed by atoms with Crippen LogP contribution in [0.3, 0.4) is 0 Å². The highest BCUT2D eigenvalue weighted by atomic mass is 35.5. The van der Waals surface area contributed by atoms with E-state index in [-0.39, 0.29) is 11.9 Å². The molecule has 0 aliphatic carbocycles. The second-order valence-electron chi connectivity index (χ2n) is 4.14. The first-order valence-electron chi connectivity index (χ1n) is 5.27. The second-order valence-corrected chi connectivity index (χ2v) is 6.88. The maximum atomic E-state index is 11.9. The predicted octanol–water partition coefficient (Wildman–Crippen LogP) is 1.29. The Hall–Kier alpha value is -0.290. The van der Waals surface area contributed by atoms with Crippen molar-refractivity contribution in [3.63, 3.8) is 0 Å². The molecule has 0 rings (SSSR count). The molecule has 0 heterocycles. The molecular formula is C10H20ClNO3S. The summed E-state index contributed by atoms with van der Waals surface area (Å²) < 4.78 is 22.6. The van der Waals surface area contributed by atoms with Gasteiger partial charge in [0.1, 0.15) is 5.25 Å². The molecule has 0 aliphatic heterocycles. The fraction of sp³-hybridized carbons (Fsp3) is 0.900. The first kappa shape index (κ1) is 15.7. The topological polar surface area (TPSA) is 54.5 Å². The Morgan fingerprint density at radius 3 is 2.12 bits per heavy atom. The van der Waals surface area contributed by atoms with Crippen LogP contribution < -0.4 is 0 Å². The van der Waals surface area contributed by atoms with E-state index in [9.17, 15) is 13.2 Å². The molecule has 0 aromatic heterocycles. The summed E-state index contributed by atoms with van der Waals surface area (Å²) in [5, 5.41) is -0.981. The molecule has 6 heteroatoms. The molecule has 1 atom stereocenters. The number of carbonyl (C=O) groups excluding carboxylic acids is 1. The minimum Gasteiger partial charge on any atom is -0.339 e. The molecule has 16 heavy (non-hydrogen) atoms. The van der Waals surface area contributed by atoms with E-state index >= 15 is 0 Å². The summed E-state index contributed by atoms with van der Waals surface area (Å²) in [6.45, 7) is 5.65. The molecule has 0 aromatic rings. The van der Waals surface area contributed by atoms with Gasteiger partial charge in [-0.25, -0.2) is 8.42 Å². The van der Waals surface area contributed by atoms with Crippen LogP contribution in [-0.2, 0) is 14.6 Å². The summed E-state index contributed by atoms with van der Waals surface area (Å²) in [4.78, 5) is 13.5. The normalized spacial score (nSPS) is 13.9. The van der Waals surface area contributed by atoms with Crippen molar-refractivity contribution in [2.24, 2.45) is 0 Å². The van der Waals surface area contributed by atoms with Crippen LogP contribution in [0.4, 0.5) is 0 Å². The fourth-order valence-corrected chi connectivity index (χ4v) is 1.89. The summed E-state index contributed by atoms with van der Waals surface area (Å²) >= 11 is 5.57. The van der Waals surface area contributed by atoms with Crippen LogP contribution in [0.2, 0.25) is 0 Å². The fourth-order valence-electron chi connectivity index (χ4n) is 1.27. The Morgan fingerprint density at radius 2 is 1.81 bits per heavy atom. The summed E-state index contributed by atoms with van der Waals surface area (Å²) in [5.74, 6) is 0.117. The Bertz CT molecular complexity index is 327. The number of alkyl halides is 1. The average molecular weight is 270 g/mol. The van der Waals surface area contributed by atoms with Crippen LogP contribution in [0.25, 0.3) is 0 Å². The van der Waals surface area contributed by atoms with Gasteiger partial charge in [0.25, 0.3) is 0 Å². The lowest BCUT2D eigenvalue weighted by atomic mass is 10.2. The maximum Gasteiger partial charge on any atom is 0.240 e. The highest BCUT2D eigenvalue weighted by Gasteiger charge is 2.29. The molecule has 0 saturated carbocycles. The van der Waals surface area contributed by atoms with E-state index in [2.05, 4.69) is 0 Å². The SMILES string of the molecule is CC(C)N(CCCCl)C(=O)C(C)S(C)(=O)=O. The van der Waals surface area contributed by atoms with E-state index in [0.29, 0.717) is 18.8 Å². The number of carbonyl (C=O) groups is 1. The van der Waals surface area contributed by atoms with Gasteiger partial charge >= 0.3 is 0 Å². The summed E-state index contributed by atoms with van der Waals surface area (Å²) in [7, 11) is -3.33. The third-order valence-corrected chi connectivity index (χ3v) is 4.18. The van der Waals surface area contributed by atoms with E-state index in [4.69, 9.17) is 11.6 Å². The molecule has 0 saturated heterocycles. The van der Waals surface area contributed by atoms with Crippen molar-refractivity contribution < 1.29 is 13.2 Å². The Kier molecular flexibility index (Phi) is 6.33. The van der Waals surface area contributed by atoms with Gasteiger partial charge in [-0.15, -0.1) is 11.6 Å². The molecule has 0 aliphatic rings. The number of rotatable bonds is 6.